The summed E-state index contributed by atoms with van der Waals surface area (Å²) in [4.78, 5) is 16.2. The number of hydrogen-bond donors (Lipinski definition) is 3. The van der Waals surface area contributed by atoms with Gasteiger partial charge in [-0.2, -0.15) is 0 Å². The van der Waals surface area contributed by atoms with Crippen LogP contribution in [0.15, 0.2) is 29.3 Å². The maximum atomic E-state index is 11.6. The summed E-state index contributed by atoms with van der Waals surface area (Å²) in [7, 11) is 1.62. The zero-order valence-electron chi connectivity index (χ0n) is 18.5. The molecule has 0 aliphatic heterocycles. The second-order valence-corrected chi connectivity index (χ2v) is 7.51. The number of rotatable bonds is 10. The Morgan fingerprint density at radius 3 is 2.38 bits per heavy atom. The van der Waals surface area contributed by atoms with Crippen LogP contribution in [0.2, 0.25) is 0 Å². The minimum Gasteiger partial charge on any atom is -0.493 e. The van der Waals surface area contributed by atoms with Crippen molar-refractivity contribution in [3.63, 3.8) is 0 Å². The largest absolute Gasteiger partial charge is 0.493 e. The summed E-state index contributed by atoms with van der Waals surface area (Å²) in [6, 6.07) is 7.55. The van der Waals surface area contributed by atoms with Crippen molar-refractivity contribution in [2.75, 3.05) is 33.3 Å². The molecule has 164 valence electrons. The van der Waals surface area contributed by atoms with Crippen molar-refractivity contribution in [1.82, 2.24) is 16.0 Å². The van der Waals surface area contributed by atoms with E-state index < -0.39 is 11.7 Å². The Morgan fingerprint density at radius 1 is 1.10 bits per heavy atom. The van der Waals surface area contributed by atoms with Crippen LogP contribution in [-0.2, 0) is 4.74 Å². The number of hydrogen-bond acceptors (Lipinski definition) is 5. The second kappa shape index (κ2) is 12.7. The third kappa shape index (κ3) is 11.1. The molecule has 1 aromatic carbocycles. The average molecular weight is 409 g/mol. The van der Waals surface area contributed by atoms with Crippen LogP contribution in [0.25, 0.3) is 0 Å². The lowest BCUT2D eigenvalue weighted by molar-refractivity contribution is 0.0527. The third-order valence-electron chi connectivity index (χ3n) is 3.56. The molecule has 8 nitrogen and oxygen atoms in total. The van der Waals surface area contributed by atoms with E-state index in [9.17, 15) is 4.79 Å². The predicted octanol–water partition coefficient (Wildman–Crippen LogP) is 2.93. The Kier molecular flexibility index (Phi) is 10.7. The van der Waals surface area contributed by atoms with Gasteiger partial charge in [-0.15, -0.1) is 0 Å². The molecule has 1 unspecified atom stereocenters. The number of guanidine groups is 1. The second-order valence-electron chi connectivity index (χ2n) is 7.51. The number of nitrogens with zero attached hydrogens (tertiary/aromatic N) is 1. The van der Waals surface area contributed by atoms with Crippen LogP contribution in [0.3, 0.4) is 0 Å². The van der Waals surface area contributed by atoms with Crippen molar-refractivity contribution in [3.8, 4) is 11.5 Å². The highest BCUT2D eigenvalue weighted by Gasteiger charge is 2.15. The first-order valence-corrected chi connectivity index (χ1v) is 10.0. The number of ether oxygens (including phenoxy) is 3. The maximum absolute atomic E-state index is 11.6. The molecule has 0 radical (unpaired) electrons. The van der Waals surface area contributed by atoms with Gasteiger partial charge in [-0.25, -0.2) is 9.79 Å². The van der Waals surface area contributed by atoms with Crippen molar-refractivity contribution in [2.24, 2.45) is 4.99 Å². The summed E-state index contributed by atoms with van der Waals surface area (Å²) in [5.41, 5.74) is -0.490. The molecule has 1 atom stereocenters. The van der Waals surface area contributed by atoms with Crippen molar-refractivity contribution < 1.29 is 19.0 Å². The number of carbonyl (C=O) groups excluding carboxylic acids is 1. The van der Waals surface area contributed by atoms with Crippen LogP contribution in [-0.4, -0.2) is 57.0 Å². The van der Waals surface area contributed by atoms with Crippen LogP contribution in [0, 0.1) is 0 Å². The molecule has 0 aromatic heterocycles. The summed E-state index contributed by atoms with van der Waals surface area (Å²) in [5, 5.41) is 9.19. The topological polar surface area (TPSA) is 93.2 Å². The van der Waals surface area contributed by atoms with Crippen LogP contribution in [0.4, 0.5) is 4.79 Å². The highest BCUT2D eigenvalue weighted by Crippen LogP contribution is 2.26. The third-order valence-corrected chi connectivity index (χ3v) is 3.56. The molecule has 29 heavy (non-hydrogen) atoms. The Hall–Kier alpha value is -2.64. The molecule has 1 aromatic rings. The van der Waals surface area contributed by atoms with Gasteiger partial charge < -0.3 is 30.2 Å². The number of para-hydroxylation sites is 2. The number of nitrogens with one attached hydrogen (secondary N) is 3. The van der Waals surface area contributed by atoms with Gasteiger partial charge >= 0.3 is 6.09 Å². The van der Waals surface area contributed by atoms with E-state index in [0.717, 1.165) is 13.0 Å². The molecule has 8 heteroatoms. The summed E-state index contributed by atoms with van der Waals surface area (Å²) in [6.07, 6.45) is 0.229. The molecular formula is C21H36N4O4. The summed E-state index contributed by atoms with van der Waals surface area (Å²) < 4.78 is 16.4. The minimum absolute atomic E-state index is 0.115. The first kappa shape index (κ1) is 24.4. The van der Waals surface area contributed by atoms with Crippen LogP contribution >= 0.6 is 0 Å². The number of carbonyl (C=O) groups is 1. The number of amides is 1. The fraction of sp³-hybridized carbons (Fsp3) is 0.619. The molecule has 0 fully saturated rings. The predicted molar refractivity (Wildman–Crippen MR) is 116 cm³/mol. The van der Waals surface area contributed by atoms with E-state index in [-0.39, 0.29) is 6.10 Å². The Labute approximate surface area is 174 Å². The maximum Gasteiger partial charge on any atom is 0.407 e. The molecule has 1 rings (SSSR count). The van der Waals surface area contributed by atoms with E-state index in [2.05, 4.69) is 20.9 Å². The van der Waals surface area contributed by atoms with Gasteiger partial charge in [0.1, 0.15) is 11.7 Å². The van der Waals surface area contributed by atoms with E-state index >= 15 is 0 Å². The van der Waals surface area contributed by atoms with Crippen LogP contribution < -0.4 is 25.4 Å². The lowest BCUT2D eigenvalue weighted by Gasteiger charge is -2.19. The molecule has 0 spiro atoms. The van der Waals surface area contributed by atoms with Crippen molar-refractivity contribution in [1.29, 1.82) is 0 Å². The number of aliphatic imine (C=N–C) groups is 1. The van der Waals surface area contributed by atoms with Gasteiger partial charge in [-0.3, -0.25) is 0 Å². The summed E-state index contributed by atoms with van der Waals surface area (Å²) in [5.74, 6) is 2.11. The van der Waals surface area contributed by atoms with E-state index in [4.69, 9.17) is 14.2 Å². The van der Waals surface area contributed by atoms with Crippen molar-refractivity contribution in [2.45, 2.75) is 52.7 Å². The van der Waals surface area contributed by atoms with Gasteiger partial charge in [0.15, 0.2) is 17.5 Å². The molecule has 3 N–H and O–H groups in total. The van der Waals surface area contributed by atoms with Gasteiger partial charge in [0.05, 0.1) is 13.7 Å². The molecule has 0 heterocycles. The smallest absolute Gasteiger partial charge is 0.407 e. The summed E-state index contributed by atoms with van der Waals surface area (Å²) >= 11 is 0. The molecule has 1 amide bonds. The Balaban J connectivity index is 2.39. The lowest BCUT2D eigenvalue weighted by Crippen LogP contribution is -2.40. The Morgan fingerprint density at radius 2 is 1.76 bits per heavy atom. The number of benzene rings is 1. The first-order valence-electron chi connectivity index (χ1n) is 10.0. The SMILES string of the molecule is CCNC(=NCC(C)Oc1ccccc1OC)NCCCNC(=O)OC(C)(C)C. The van der Waals surface area contributed by atoms with Crippen LogP contribution in [0.5, 0.6) is 11.5 Å². The fourth-order valence-corrected chi connectivity index (χ4v) is 2.33. The van der Waals surface area contributed by atoms with E-state index in [1.165, 1.54) is 0 Å². The quantitative estimate of drug-likeness (QED) is 0.313. The monoisotopic (exact) mass is 408 g/mol. The lowest BCUT2D eigenvalue weighted by atomic mass is 10.2. The zero-order chi connectivity index (χ0) is 21.7. The normalized spacial score (nSPS) is 12.7. The van der Waals surface area contributed by atoms with E-state index in [1.807, 2.05) is 58.9 Å². The van der Waals surface area contributed by atoms with Crippen molar-refractivity contribution in [3.05, 3.63) is 24.3 Å². The minimum atomic E-state index is -0.490. The molecule has 0 saturated heterocycles. The van der Waals surface area contributed by atoms with E-state index in [1.54, 1.807) is 7.11 Å². The van der Waals surface area contributed by atoms with Crippen molar-refractivity contribution >= 4 is 12.1 Å². The molecule has 0 aliphatic rings. The molecule has 0 aliphatic carbocycles. The number of methoxy groups -OCH3 is 1. The molecule has 0 saturated carbocycles. The highest BCUT2D eigenvalue weighted by atomic mass is 16.6. The van der Waals surface area contributed by atoms with Gasteiger partial charge in [-0.05, 0) is 53.2 Å². The number of alkyl carbamates (subject to hydrolysis) is 1. The first-order chi connectivity index (χ1) is 13.7. The highest BCUT2D eigenvalue weighted by molar-refractivity contribution is 5.79. The van der Waals surface area contributed by atoms with Gasteiger partial charge in [-0.1, -0.05) is 12.1 Å². The Bertz CT molecular complexity index is 644. The van der Waals surface area contributed by atoms with Gasteiger partial charge in [0.2, 0.25) is 0 Å². The van der Waals surface area contributed by atoms with E-state index in [0.29, 0.717) is 37.1 Å². The average Bonchev–Trinajstić information content (AvgIpc) is 2.64. The molecular weight excluding hydrogens is 372 g/mol. The zero-order valence-corrected chi connectivity index (χ0v) is 18.5. The fourth-order valence-electron chi connectivity index (χ4n) is 2.33. The van der Waals surface area contributed by atoms with Gasteiger partial charge in [0, 0.05) is 19.6 Å². The molecule has 0 bridgehead atoms. The van der Waals surface area contributed by atoms with Crippen LogP contribution in [0.1, 0.15) is 41.0 Å². The standard InChI is InChI=1S/C21H36N4O4/c1-7-22-19(23-13-10-14-24-20(26)29-21(3,4)5)25-15-16(2)28-18-12-9-8-11-17(18)27-6/h8-9,11-12,16H,7,10,13-15H2,1-6H3,(H,24,26)(H2,22,23,25). The summed E-state index contributed by atoms with van der Waals surface area (Å²) in [6.45, 7) is 11.9. The van der Waals surface area contributed by atoms with Gasteiger partial charge in [0.25, 0.3) is 0 Å².